The van der Waals surface area contributed by atoms with Crippen LogP contribution in [-0.4, -0.2) is 18.9 Å². The van der Waals surface area contributed by atoms with Crippen LogP contribution in [0.25, 0.3) is 0 Å². The van der Waals surface area contributed by atoms with Crippen molar-refractivity contribution in [2.75, 3.05) is 17.7 Å². The van der Waals surface area contributed by atoms with Gasteiger partial charge in [-0.15, -0.1) is 0 Å². The van der Waals surface area contributed by atoms with Crippen LogP contribution >= 0.6 is 0 Å². The van der Waals surface area contributed by atoms with Gasteiger partial charge < -0.3 is 21.1 Å². The molecule has 7 heteroatoms. The number of amides is 2. The number of para-hydroxylation sites is 1. The number of nitrogens with two attached hydrogens (primary N) is 1. The van der Waals surface area contributed by atoms with E-state index in [2.05, 4.69) is 10.6 Å². The Balaban J connectivity index is 2.13. The molecule has 0 heterocycles. The van der Waals surface area contributed by atoms with Gasteiger partial charge in [-0.3, -0.25) is 9.59 Å². The maximum Gasteiger partial charge on any atom is 0.267 e. The van der Waals surface area contributed by atoms with Crippen molar-refractivity contribution in [2.24, 2.45) is 5.73 Å². The first-order chi connectivity index (χ1) is 12.0. The first-order valence-electron chi connectivity index (χ1n) is 7.26. The number of carbonyl (C=O) groups is 2. The van der Waals surface area contributed by atoms with Crippen molar-refractivity contribution in [1.82, 2.24) is 0 Å². The molecule has 0 radical (unpaired) electrons. The Bertz CT molecular complexity index is 851. The van der Waals surface area contributed by atoms with Gasteiger partial charge in [0.1, 0.15) is 17.4 Å². The number of rotatable bonds is 6. The largest absolute Gasteiger partial charge is 0.497 e. The summed E-state index contributed by atoms with van der Waals surface area (Å²) in [5.41, 5.74) is 6.30. The standard InChI is InChI=1S/C18H16N4O3/c1-25-14-8-6-13(7-9-14)22-18(24)12(10-19)11-21-16-5-3-2-4-15(16)17(20)23/h2-9,11,21H,1H3,(H2,20,23)(H,22,24)/b12-11-. The summed E-state index contributed by atoms with van der Waals surface area (Å²) in [4.78, 5) is 23.5. The number of primary amides is 1. The highest BCUT2D eigenvalue weighted by Gasteiger charge is 2.11. The Morgan fingerprint density at radius 2 is 1.84 bits per heavy atom. The minimum atomic E-state index is -0.613. The molecule has 2 amide bonds. The molecule has 0 saturated carbocycles. The molecular formula is C18H16N4O3. The van der Waals surface area contributed by atoms with E-state index >= 15 is 0 Å². The zero-order chi connectivity index (χ0) is 18.2. The molecule has 0 aromatic heterocycles. The van der Waals surface area contributed by atoms with Gasteiger partial charge in [-0.1, -0.05) is 12.1 Å². The number of anilines is 2. The average Bonchev–Trinajstić information content (AvgIpc) is 2.63. The maximum absolute atomic E-state index is 12.2. The molecule has 0 atom stereocenters. The van der Waals surface area contributed by atoms with Crippen LogP contribution in [0.1, 0.15) is 10.4 Å². The molecule has 7 nitrogen and oxygen atoms in total. The van der Waals surface area contributed by atoms with E-state index in [0.29, 0.717) is 17.1 Å². The highest BCUT2D eigenvalue weighted by atomic mass is 16.5. The summed E-state index contributed by atoms with van der Waals surface area (Å²) >= 11 is 0. The molecule has 0 aliphatic carbocycles. The molecular weight excluding hydrogens is 320 g/mol. The Labute approximate surface area is 144 Å². The molecule has 0 aliphatic heterocycles. The fourth-order valence-corrected chi connectivity index (χ4v) is 2.00. The molecule has 25 heavy (non-hydrogen) atoms. The summed E-state index contributed by atoms with van der Waals surface area (Å²) in [5.74, 6) is -0.548. The van der Waals surface area contributed by atoms with Crippen LogP contribution in [0.2, 0.25) is 0 Å². The molecule has 4 N–H and O–H groups in total. The summed E-state index contributed by atoms with van der Waals surface area (Å²) in [6.45, 7) is 0. The third-order valence-corrected chi connectivity index (χ3v) is 3.28. The highest BCUT2D eigenvalue weighted by Crippen LogP contribution is 2.17. The Hall–Kier alpha value is -3.79. The number of hydrogen-bond acceptors (Lipinski definition) is 5. The summed E-state index contributed by atoms with van der Waals surface area (Å²) < 4.78 is 5.04. The SMILES string of the molecule is COc1ccc(NC(=O)/C(C#N)=C\Nc2ccccc2C(N)=O)cc1. The average molecular weight is 336 g/mol. The third-order valence-electron chi connectivity index (χ3n) is 3.28. The number of benzene rings is 2. The van der Waals surface area contributed by atoms with Crippen LogP contribution in [0.3, 0.4) is 0 Å². The van der Waals surface area contributed by atoms with Gasteiger partial charge in [0.15, 0.2) is 0 Å². The fourth-order valence-electron chi connectivity index (χ4n) is 2.00. The Morgan fingerprint density at radius 3 is 2.44 bits per heavy atom. The van der Waals surface area contributed by atoms with E-state index in [1.165, 1.54) is 6.20 Å². The lowest BCUT2D eigenvalue weighted by molar-refractivity contribution is -0.112. The molecule has 0 saturated heterocycles. The highest BCUT2D eigenvalue weighted by molar-refractivity contribution is 6.07. The van der Waals surface area contributed by atoms with Gasteiger partial charge >= 0.3 is 0 Å². The summed E-state index contributed by atoms with van der Waals surface area (Å²) in [5, 5.41) is 14.5. The number of nitriles is 1. The van der Waals surface area contributed by atoms with Crippen LogP contribution in [0.5, 0.6) is 5.75 Å². The van der Waals surface area contributed by atoms with E-state index in [9.17, 15) is 14.9 Å². The lowest BCUT2D eigenvalue weighted by atomic mass is 10.1. The minimum Gasteiger partial charge on any atom is -0.497 e. The van der Waals surface area contributed by atoms with Gasteiger partial charge in [0.25, 0.3) is 11.8 Å². The zero-order valence-electron chi connectivity index (χ0n) is 13.4. The van der Waals surface area contributed by atoms with Crippen molar-refractivity contribution in [2.45, 2.75) is 0 Å². The second kappa shape index (κ2) is 8.17. The van der Waals surface area contributed by atoms with Gasteiger partial charge in [0.2, 0.25) is 0 Å². The van der Waals surface area contributed by atoms with E-state index in [4.69, 9.17) is 10.5 Å². The van der Waals surface area contributed by atoms with Crippen LogP contribution in [0, 0.1) is 11.3 Å². The normalized spacial score (nSPS) is 10.5. The number of methoxy groups -OCH3 is 1. The van der Waals surface area contributed by atoms with Crippen molar-refractivity contribution in [3.05, 3.63) is 65.9 Å². The second-order valence-corrected chi connectivity index (χ2v) is 4.91. The first kappa shape index (κ1) is 17.6. The van der Waals surface area contributed by atoms with Gasteiger partial charge in [-0.2, -0.15) is 5.26 Å². The maximum atomic E-state index is 12.2. The van der Waals surface area contributed by atoms with Gasteiger partial charge in [0, 0.05) is 11.9 Å². The van der Waals surface area contributed by atoms with E-state index in [1.54, 1.807) is 55.6 Å². The fraction of sp³-hybridized carbons (Fsp3) is 0.0556. The molecule has 0 bridgehead atoms. The number of ether oxygens (including phenoxy) is 1. The van der Waals surface area contributed by atoms with E-state index in [1.807, 2.05) is 6.07 Å². The molecule has 0 fully saturated rings. The Kier molecular flexibility index (Phi) is 5.74. The number of hydrogen-bond donors (Lipinski definition) is 3. The minimum absolute atomic E-state index is 0.157. The molecule has 2 aromatic rings. The number of nitrogens with zero attached hydrogens (tertiary/aromatic N) is 1. The van der Waals surface area contributed by atoms with Crippen molar-refractivity contribution in [3.8, 4) is 11.8 Å². The van der Waals surface area contributed by atoms with E-state index in [0.717, 1.165) is 0 Å². The van der Waals surface area contributed by atoms with Gasteiger partial charge in [0.05, 0.1) is 18.4 Å². The predicted molar refractivity (Wildman–Crippen MR) is 93.9 cm³/mol. The summed E-state index contributed by atoms with van der Waals surface area (Å²) in [6, 6.07) is 15.0. The van der Waals surface area contributed by atoms with Crippen LogP contribution in [0.15, 0.2) is 60.3 Å². The Morgan fingerprint density at radius 1 is 1.16 bits per heavy atom. The molecule has 0 spiro atoms. The van der Waals surface area contributed by atoms with Crippen molar-refractivity contribution < 1.29 is 14.3 Å². The molecule has 0 aliphatic rings. The monoisotopic (exact) mass is 336 g/mol. The van der Waals surface area contributed by atoms with E-state index < -0.39 is 11.8 Å². The van der Waals surface area contributed by atoms with Crippen LogP contribution in [0.4, 0.5) is 11.4 Å². The first-order valence-corrected chi connectivity index (χ1v) is 7.26. The zero-order valence-corrected chi connectivity index (χ0v) is 13.4. The second-order valence-electron chi connectivity index (χ2n) is 4.91. The van der Waals surface area contributed by atoms with Gasteiger partial charge in [-0.05, 0) is 36.4 Å². The summed E-state index contributed by atoms with van der Waals surface area (Å²) in [7, 11) is 1.54. The molecule has 126 valence electrons. The quantitative estimate of drug-likeness (QED) is 0.552. The predicted octanol–water partition coefficient (Wildman–Crippen LogP) is 2.25. The lowest BCUT2D eigenvalue weighted by Gasteiger charge is -2.08. The van der Waals surface area contributed by atoms with Crippen molar-refractivity contribution in [3.63, 3.8) is 0 Å². The van der Waals surface area contributed by atoms with Crippen molar-refractivity contribution in [1.29, 1.82) is 5.26 Å². The smallest absolute Gasteiger partial charge is 0.267 e. The van der Waals surface area contributed by atoms with Crippen LogP contribution in [-0.2, 0) is 4.79 Å². The lowest BCUT2D eigenvalue weighted by Crippen LogP contribution is -2.16. The number of carbonyl (C=O) groups excluding carboxylic acids is 2. The van der Waals surface area contributed by atoms with Crippen LogP contribution < -0.4 is 21.1 Å². The van der Waals surface area contributed by atoms with Crippen molar-refractivity contribution >= 4 is 23.2 Å². The number of nitrogens with one attached hydrogen (secondary N) is 2. The topological polar surface area (TPSA) is 117 Å². The van der Waals surface area contributed by atoms with E-state index in [-0.39, 0.29) is 11.1 Å². The van der Waals surface area contributed by atoms with Gasteiger partial charge in [-0.25, -0.2) is 0 Å². The molecule has 2 rings (SSSR count). The molecule has 2 aromatic carbocycles. The summed E-state index contributed by atoms with van der Waals surface area (Å²) in [6.07, 6.45) is 1.22. The molecule has 0 unspecified atom stereocenters. The third kappa shape index (κ3) is 4.59.